The number of ketones is 2. The maximum Gasteiger partial charge on any atom is 0.228 e. The zero-order chi connectivity index (χ0) is 19.5. The van der Waals surface area contributed by atoms with E-state index in [2.05, 4.69) is 0 Å². The normalized spacial score (nSPS) is 10.8. The minimum Gasteiger partial charge on any atom is -0.493 e. The van der Waals surface area contributed by atoms with E-state index in [1.165, 1.54) is 7.11 Å². The minimum atomic E-state index is -0.236. The molecule has 0 fully saturated rings. The summed E-state index contributed by atoms with van der Waals surface area (Å²) in [7, 11) is 1.53. The largest absolute Gasteiger partial charge is 0.493 e. The number of hydrogen-bond donors (Lipinski definition) is 0. The Hall–Kier alpha value is -3.66. The first kappa shape index (κ1) is 17.7. The highest BCUT2D eigenvalue weighted by Gasteiger charge is 2.21. The second kappa shape index (κ2) is 7.53. The van der Waals surface area contributed by atoms with E-state index in [0.717, 1.165) is 5.56 Å². The topological polar surface area (TPSA) is 56.5 Å². The van der Waals surface area contributed by atoms with Crippen molar-refractivity contribution in [3.63, 3.8) is 0 Å². The number of hydrogen-bond acceptors (Lipinski definition) is 4. The second-order valence-electron chi connectivity index (χ2n) is 6.45. The average Bonchev–Trinajstić information content (AvgIpc) is 3.19. The number of rotatable bonds is 6. The molecular weight excluding hydrogens is 352 g/mol. The molecule has 0 saturated carbocycles. The highest BCUT2D eigenvalue weighted by molar-refractivity contribution is 6.13. The Morgan fingerprint density at radius 3 is 2.25 bits per heavy atom. The van der Waals surface area contributed by atoms with Crippen LogP contribution in [0.1, 0.15) is 32.0 Å². The highest BCUT2D eigenvalue weighted by atomic mass is 16.5. The Morgan fingerprint density at radius 2 is 1.57 bits per heavy atom. The van der Waals surface area contributed by atoms with E-state index < -0.39 is 0 Å². The van der Waals surface area contributed by atoms with Gasteiger partial charge in [-0.3, -0.25) is 9.59 Å². The van der Waals surface area contributed by atoms with Crippen molar-refractivity contribution in [2.45, 2.75) is 6.42 Å². The molecule has 4 aromatic rings. The Kier molecular flexibility index (Phi) is 4.77. The highest BCUT2D eigenvalue weighted by Crippen LogP contribution is 2.33. The maximum absolute atomic E-state index is 12.9. The molecule has 0 amide bonds. The zero-order valence-electron chi connectivity index (χ0n) is 15.3. The summed E-state index contributed by atoms with van der Waals surface area (Å²) >= 11 is 0. The van der Waals surface area contributed by atoms with Gasteiger partial charge in [-0.05, 0) is 23.8 Å². The standard InChI is InChI=1S/C24H18O4/c1-27-21-13-12-18(20(25)14-16-8-4-2-5-9-16)19-15-22(28-24(19)21)23(26)17-10-6-3-7-11-17/h2-13,15H,14H2,1H3. The number of Topliss-reactive ketones (excluding diaryl/α,β-unsaturated/α-hetero) is 1. The molecule has 1 heterocycles. The molecule has 0 unspecified atom stereocenters. The molecule has 0 atom stereocenters. The SMILES string of the molecule is COc1ccc(C(=O)Cc2ccccc2)c2cc(C(=O)c3ccccc3)oc12. The van der Waals surface area contributed by atoms with Crippen LogP contribution in [0.2, 0.25) is 0 Å². The lowest BCUT2D eigenvalue weighted by Crippen LogP contribution is -2.04. The summed E-state index contributed by atoms with van der Waals surface area (Å²) in [5.74, 6) is 0.386. The molecule has 3 aromatic carbocycles. The van der Waals surface area contributed by atoms with E-state index in [4.69, 9.17) is 9.15 Å². The molecule has 1 aromatic heterocycles. The van der Waals surface area contributed by atoms with Gasteiger partial charge in [0, 0.05) is 22.9 Å². The molecule has 0 bridgehead atoms. The van der Waals surface area contributed by atoms with Crippen molar-refractivity contribution >= 4 is 22.5 Å². The van der Waals surface area contributed by atoms with Gasteiger partial charge in [0.15, 0.2) is 22.9 Å². The second-order valence-corrected chi connectivity index (χ2v) is 6.45. The predicted molar refractivity (Wildman–Crippen MR) is 107 cm³/mol. The van der Waals surface area contributed by atoms with Gasteiger partial charge in [0.05, 0.1) is 7.11 Å². The van der Waals surface area contributed by atoms with Crippen molar-refractivity contribution in [1.29, 1.82) is 0 Å². The lowest BCUT2D eigenvalue weighted by Gasteiger charge is -2.05. The van der Waals surface area contributed by atoms with Crippen molar-refractivity contribution in [3.8, 4) is 5.75 Å². The van der Waals surface area contributed by atoms with Crippen molar-refractivity contribution in [3.05, 3.63) is 101 Å². The van der Waals surface area contributed by atoms with E-state index in [1.807, 2.05) is 36.4 Å². The molecule has 0 radical (unpaired) electrons. The third-order valence-corrected chi connectivity index (χ3v) is 4.64. The number of furan rings is 1. The van der Waals surface area contributed by atoms with Gasteiger partial charge in [-0.25, -0.2) is 0 Å². The Morgan fingerprint density at radius 1 is 0.893 bits per heavy atom. The molecule has 0 saturated heterocycles. The molecule has 28 heavy (non-hydrogen) atoms. The van der Waals surface area contributed by atoms with Crippen LogP contribution in [0, 0.1) is 0 Å². The molecule has 0 N–H and O–H groups in total. The summed E-state index contributed by atoms with van der Waals surface area (Å²) < 4.78 is 11.2. The van der Waals surface area contributed by atoms with Crippen LogP contribution in [0.25, 0.3) is 11.0 Å². The molecule has 4 heteroatoms. The lowest BCUT2D eigenvalue weighted by molar-refractivity contribution is 0.0991. The molecule has 4 nitrogen and oxygen atoms in total. The monoisotopic (exact) mass is 370 g/mol. The lowest BCUT2D eigenvalue weighted by atomic mass is 9.99. The van der Waals surface area contributed by atoms with Gasteiger partial charge in [-0.2, -0.15) is 0 Å². The molecule has 4 rings (SSSR count). The van der Waals surface area contributed by atoms with Crippen LogP contribution in [0.15, 0.2) is 83.3 Å². The first-order valence-electron chi connectivity index (χ1n) is 8.95. The summed E-state index contributed by atoms with van der Waals surface area (Å²) in [5.41, 5.74) is 2.37. The van der Waals surface area contributed by atoms with Crippen LogP contribution in [0.3, 0.4) is 0 Å². The van der Waals surface area contributed by atoms with E-state index in [0.29, 0.717) is 27.8 Å². The van der Waals surface area contributed by atoms with Gasteiger partial charge in [-0.15, -0.1) is 0 Å². The van der Waals surface area contributed by atoms with Gasteiger partial charge >= 0.3 is 0 Å². The first-order valence-corrected chi connectivity index (χ1v) is 8.95. The smallest absolute Gasteiger partial charge is 0.228 e. The van der Waals surface area contributed by atoms with Gasteiger partial charge in [-0.1, -0.05) is 60.7 Å². The summed E-state index contributed by atoms with van der Waals surface area (Å²) in [5, 5.41) is 0.583. The number of fused-ring (bicyclic) bond motifs is 1. The number of methoxy groups -OCH3 is 1. The van der Waals surface area contributed by atoms with Gasteiger partial charge in [0.2, 0.25) is 5.78 Å². The van der Waals surface area contributed by atoms with Crippen molar-refractivity contribution < 1.29 is 18.7 Å². The van der Waals surface area contributed by atoms with Crippen LogP contribution in [-0.2, 0) is 6.42 Å². The number of carbonyl (C=O) groups excluding carboxylic acids is 2. The van der Waals surface area contributed by atoms with Crippen LogP contribution in [0.4, 0.5) is 0 Å². The third kappa shape index (κ3) is 3.32. The first-order chi connectivity index (χ1) is 13.7. The molecule has 0 aliphatic heterocycles. The number of ether oxygens (including phenoxy) is 1. The van der Waals surface area contributed by atoms with Crippen LogP contribution < -0.4 is 4.74 Å². The Balaban J connectivity index is 1.77. The predicted octanol–water partition coefficient (Wildman–Crippen LogP) is 5.10. The van der Waals surface area contributed by atoms with Crippen LogP contribution >= 0.6 is 0 Å². The van der Waals surface area contributed by atoms with E-state index in [-0.39, 0.29) is 23.7 Å². The summed E-state index contributed by atoms with van der Waals surface area (Å²) in [6.45, 7) is 0. The summed E-state index contributed by atoms with van der Waals surface area (Å²) in [4.78, 5) is 25.7. The van der Waals surface area contributed by atoms with Crippen molar-refractivity contribution in [2.24, 2.45) is 0 Å². The van der Waals surface area contributed by atoms with Crippen LogP contribution in [-0.4, -0.2) is 18.7 Å². The Labute approximate surface area is 162 Å². The fraction of sp³-hybridized carbons (Fsp3) is 0.0833. The number of benzene rings is 3. The quantitative estimate of drug-likeness (QED) is 0.443. The maximum atomic E-state index is 12.9. The zero-order valence-corrected chi connectivity index (χ0v) is 15.3. The molecule has 0 aliphatic rings. The Bertz CT molecular complexity index is 1140. The molecule has 0 aliphatic carbocycles. The van der Waals surface area contributed by atoms with Gasteiger partial charge in [0.1, 0.15) is 0 Å². The van der Waals surface area contributed by atoms with E-state index in [9.17, 15) is 9.59 Å². The van der Waals surface area contributed by atoms with Gasteiger partial charge in [0.25, 0.3) is 0 Å². The summed E-state index contributed by atoms with van der Waals surface area (Å²) in [6.07, 6.45) is 0.273. The van der Waals surface area contributed by atoms with Crippen molar-refractivity contribution in [1.82, 2.24) is 0 Å². The fourth-order valence-electron chi connectivity index (χ4n) is 3.22. The fourth-order valence-corrected chi connectivity index (χ4v) is 3.22. The van der Waals surface area contributed by atoms with Crippen molar-refractivity contribution in [2.75, 3.05) is 7.11 Å². The van der Waals surface area contributed by atoms with Gasteiger partial charge < -0.3 is 9.15 Å². The number of carbonyl (C=O) groups is 2. The van der Waals surface area contributed by atoms with E-state index in [1.54, 1.807) is 42.5 Å². The van der Waals surface area contributed by atoms with Crippen LogP contribution in [0.5, 0.6) is 5.75 Å². The minimum absolute atomic E-state index is 0.0432. The third-order valence-electron chi connectivity index (χ3n) is 4.64. The summed E-state index contributed by atoms with van der Waals surface area (Å²) in [6, 6.07) is 23.5. The molecule has 138 valence electrons. The van der Waals surface area contributed by atoms with E-state index >= 15 is 0 Å². The molecular formula is C24H18O4. The molecule has 0 spiro atoms. The average molecular weight is 370 g/mol.